The van der Waals surface area contributed by atoms with Gasteiger partial charge in [0.25, 0.3) is 0 Å². The van der Waals surface area contributed by atoms with Crippen molar-refractivity contribution in [3.63, 3.8) is 0 Å². The van der Waals surface area contributed by atoms with Crippen LogP contribution in [0.3, 0.4) is 0 Å². The first-order valence-corrected chi connectivity index (χ1v) is 0. The zero-order valence-electron chi connectivity index (χ0n) is 3.93. The van der Waals surface area contributed by atoms with Crippen molar-refractivity contribution >= 4 is 75.5 Å². The molecule has 2 nitrogen and oxygen atoms in total. The molecular weight excluding hydrogens is 254 g/mol. The van der Waals surface area contributed by atoms with E-state index in [2.05, 4.69) is 0 Å². The Balaban J connectivity index is 0. The minimum atomic E-state index is 0. The fraction of sp³-hybridized carbons (Fsp3) is 0. The summed E-state index contributed by atoms with van der Waals surface area (Å²) in [6.07, 6.45) is 0. The summed E-state index contributed by atoms with van der Waals surface area (Å²) < 4.78 is 0. The second-order valence-corrected chi connectivity index (χ2v) is 0. The predicted molar refractivity (Wildman–Crippen MR) is 18.7 cm³/mol. The van der Waals surface area contributed by atoms with Gasteiger partial charge in [-0.15, -0.1) is 0 Å². The van der Waals surface area contributed by atoms with Gasteiger partial charge in [-0.3, -0.25) is 0 Å². The molecule has 0 bridgehead atoms. The van der Waals surface area contributed by atoms with Gasteiger partial charge in [0.15, 0.2) is 0 Å². The van der Waals surface area contributed by atoms with Gasteiger partial charge in [-0.1, -0.05) is 0 Å². The largest absolute Gasteiger partial charge is 2.00 e. The molecule has 48 valence electrons. The molecule has 0 fully saturated rings. The Morgan fingerprint density at radius 1 is 0.375 bits per heavy atom. The standard InChI is InChI=1S/2Ca.4ClH.2H2O/h;;4*1H;2*1H2/q2*+2;;;;;;/p-4. The maximum atomic E-state index is 0. The molecule has 0 saturated carbocycles. The van der Waals surface area contributed by atoms with E-state index >= 15 is 0 Å². The topological polar surface area (TPSA) is 63.0 Å². The number of hydrogen-bond donors (Lipinski definition) is 0. The van der Waals surface area contributed by atoms with Crippen LogP contribution in [0.1, 0.15) is 0 Å². The van der Waals surface area contributed by atoms with E-state index in [1.54, 1.807) is 0 Å². The number of halogens is 4. The maximum absolute atomic E-state index is 0. The minimum Gasteiger partial charge on any atom is -1.00 e. The molecule has 0 unspecified atom stereocenters. The van der Waals surface area contributed by atoms with Gasteiger partial charge in [-0.05, 0) is 0 Å². The monoisotopic (exact) mass is 256 g/mol. The van der Waals surface area contributed by atoms with Gasteiger partial charge in [0.05, 0.1) is 0 Å². The molecule has 0 amide bonds. The normalized spacial score (nSPS) is 0. The summed E-state index contributed by atoms with van der Waals surface area (Å²) in [4.78, 5) is 0. The Bertz CT molecular complexity index is 12.0. The Hall–Kier alpha value is 3.60. The van der Waals surface area contributed by atoms with E-state index < -0.39 is 0 Å². The Labute approximate surface area is 133 Å². The van der Waals surface area contributed by atoms with Gasteiger partial charge in [0.2, 0.25) is 0 Å². The quantitative estimate of drug-likeness (QED) is 0.387. The van der Waals surface area contributed by atoms with E-state index in [9.17, 15) is 0 Å². The van der Waals surface area contributed by atoms with Crippen molar-refractivity contribution in [1.82, 2.24) is 0 Å². The van der Waals surface area contributed by atoms with Crippen LogP contribution in [0.4, 0.5) is 0 Å². The molecule has 8 heavy (non-hydrogen) atoms. The summed E-state index contributed by atoms with van der Waals surface area (Å²) in [5.41, 5.74) is 0. The average molecular weight is 258 g/mol. The second-order valence-electron chi connectivity index (χ2n) is 0. The van der Waals surface area contributed by atoms with Crippen LogP contribution in [-0.2, 0) is 0 Å². The zero-order chi connectivity index (χ0) is 0. The zero-order valence-corrected chi connectivity index (χ0v) is 11.4. The van der Waals surface area contributed by atoms with Crippen LogP contribution in [0.2, 0.25) is 0 Å². The Kier molecular flexibility index (Phi) is 948. The van der Waals surface area contributed by atoms with Crippen LogP contribution in [0, 0.1) is 0 Å². The smallest absolute Gasteiger partial charge is 1.00 e. The van der Waals surface area contributed by atoms with Crippen molar-refractivity contribution in [3.05, 3.63) is 0 Å². The van der Waals surface area contributed by atoms with Crippen molar-refractivity contribution in [1.29, 1.82) is 0 Å². The molecule has 0 radical (unpaired) electrons. The molecule has 0 spiro atoms. The second kappa shape index (κ2) is 75.4. The Morgan fingerprint density at radius 3 is 0.375 bits per heavy atom. The molecule has 0 aromatic heterocycles. The third-order valence-corrected chi connectivity index (χ3v) is 0. The summed E-state index contributed by atoms with van der Waals surface area (Å²) >= 11 is 0. The molecule has 0 aliphatic rings. The van der Waals surface area contributed by atoms with E-state index in [-0.39, 0.29) is 136 Å². The van der Waals surface area contributed by atoms with Crippen molar-refractivity contribution in [2.24, 2.45) is 0 Å². The molecule has 0 atom stereocenters. The molecule has 0 aromatic carbocycles. The van der Waals surface area contributed by atoms with E-state index in [0.717, 1.165) is 0 Å². The minimum absolute atomic E-state index is 0. The maximum Gasteiger partial charge on any atom is 2.00 e. The Morgan fingerprint density at radius 2 is 0.375 bits per heavy atom. The summed E-state index contributed by atoms with van der Waals surface area (Å²) in [6, 6.07) is 0. The van der Waals surface area contributed by atoms with Gasteiger partial charge < -0.3 is 60.6 Å². The molecule has 0 aliphatic heterocycles. The molecule has 4 N–H and O–H groups in total. The molecule has 0 aliphatic carbocycles. The SMILES string of the molecule is O.O.[Ca+2].[Ca+2].[Cl-].[Cl-].[Cl-].[Cl-]. The van der Waals surface area contributed by atoms with Gasteiger partial charge in [-0.25, -0.2) is 0 Å². The summed E-state index contributed by atoms with van der Waals surface area (Å²) in [5.74, 6) is 0. The summed E-state index contributed by atoms with van der Waals surface area (Å²) in [7, 11) is 0. The molecule has 8 heteroatoms. The van der Waals surface area contributed by atoms with Crippen molar-refractivity contribution in [2.45, 2.75) is 0 Å². The molecule has 0 saturated heterocycles. The van der Waals surface area contributed by atoms with Crippen molar-refractivity contribution in [2.75, 3.05) is 0 Å². The predicted octanol–water partition coefficient (Wildman–Crippen LogP) is -14.4. The van der Waals surface area contributed by atoms with Crippen molar-refractivity contribution < 1.29 is 60.6 Å². The van der Waals surface area contributed by atoms with Crippen LogP contribution in [0.5, 0.6) is 0 Å². The molecule has 0 rings (SSSR count). The van der Waals surface area contributed by atoms with Crippen molar-refractivity contribution in [3.8, 4) is 0 Å². The van der Waals surface area contributed by atoms with Gasteiger partial charge >= 0.3 is 75.5 Å². The van der Waals surface area contributed by atoms with Gasteiger partial charge in [-0.2, -0.15) is 0 Å². The first-order chi connectivity index (χ1) is 0. The fourth-order valence-electron chi connectivity index (χ4n) is 0. The summed E-state index contributed by atoms with van der Waals surface area (Å²) in [6.45, 7) is 0. The average Bonchev–Trinajstić information content (AvgIpc) is 0. The van der Waals surface area contributed by atoms with E-state index in [1.165, 1.54) is 0 Å². The number of rotatable bonds is 0. The van der Waals surface area contributed by atoms with Crippen LogP contribution < -0.4 is 49.6 Å². The van der Waals surface area contributed by atoms with Gasteiger partial charge in [0.1, 0.15) is 0 Å². The summed E-state index contributed by atoms with van der Waals surface area (Å²) in [5, 5.41) is 0. The third-order valence-electron chi connectivity index (χ3n) is 0. The molecule has 0 heterocycles. The van der Waals surface area contributed by atoms with E-state index in [0.29, 0.717) is 0 Å². The number of hydrogen-bond acceptors (Lipinski definition) is 0. The first kappa shape index (κ1) is 101. The molecular formula is H4Ca2Cl4O2. The van der Waals surface area contributed by atoms with Crippen LogP contribution in [0.15, 0.2) is 0 Å². The van der Waals surface area contributed by atoms with E-state index in [1.807, 2.05) is 0 Å². The van der Waals surface area contributed by atoms with Crippen LogP contribution in [0.25, 0.3) is 0 Å². The van der Waals surface area contributed by atoms with Gasteiger partial charge in [0, 0.05) is 0 Å². The third kappa shape index (κ3) is 54.8. The van der Waals surface area contributed by atoms with E-state index in [4.69, 9.17) is 0 Å². The molecule has 0 aromatic rings. The van der Waals surface area contributed by atoms with Crippen LogP contribution in [-0.4, -0.2) is 86.4 Å². The van der Waals surface area contributed by atoms with Crippen LogP contribution >= 0.6 is 0 Å². The first-order valence-electron chi connectivity index (χ1n) is 0. The fourth-order valence-corrected chi connectivity index (χ4v) is 0.